The van der Waals surface area contributed by atoms with Gasteiger partial charge in [0, 0.05) is 25.6 Å². The molecule has 8 nitrogen and oxygen atoms in total. The third-order valence-corrected chi connectivity index (χ3v) is 2.96. The average molecular weight is 306 g/mol. The fraction of sp³-hybridized carbons (Fsp3) is 0.357. The van der Waals surface area contributed by atoms with E-state index in [4.69, 9.17) is 9.47 Å². The van der Waals surface area contributed by atoms with Crippen molar-refractivity contribution in [1.29, 1.82) is 0 Å². The highest BCUT2D eigenvalue weighted by Gasteiger charge is 2.42. The monoisotopic (exact) mass is 306 g/mol. The molecule has 0 aromatic heterocycles. The van der Waals surface area contributed by atoms with Crippen molar-refractivity contribution in [2.24, 2.45) is 10.9 Å². The van der Waals surface area contributed by atoms with Crippen LogP contribution in [-0.2, 0) is 19.1 Å². The first kappa shape index (κ1) is 15.6. The van der Waals surface area contributed by atoms with Crippen LogP contribution in [0.5, 0.6) is 0 Å². The third kappa shape index (κ3) is 3.11. The Morgan fingerprint density at radius 2 is 1.86 bits per heavy atom. The van der Waals surface area contributed by atoms with E-state index in [2.05, 4.69) is 4.99 Å². The molecule has 0 radical (unpaired) electrons. The number of aryl methyl sites for hydroxylation is 1. The van der Waals surface area contributed by atoms with Crippen LogP contribution >= 0.6 is 0 Å². The van der Waals surface area contributed by atoms with Crippen LogP contribution in [0.25, 0.3) is 0 Å². The summed E-state index contributed by atoms with van der Waals surface area (Å²) >= 11 is 0. The van der Waals surface area contributed by atoms with Gasteiger partial charge in [0.2, 0.25) is 0 Å². The van der Waals surface area contributed by atoms with E-state index in [1.54, 1.807) is 19.1 Å². The molecule has 1 aliphatic heterocycles. The third-order valence-electron chi connectivity index (χ3n) is 2.96. The number of nitro benzene ring substituents is 1. The average Bonchev–Trinajstić information content (AvgIpc) is 2.35. The number of benzene rings is 1. The molecule has 0 spiro atoms. The summed E-state index contributed by atoms with van der Waals surface area (Å²) in [5.41, 5.74) is 0.293. The molecule has 22 heavy (non-hydrogen) atoms. The molecule has 8 heteroatoms. The van der Waals surface area contributed by atoms with Gasteiger partial charge < -0.3 is 9.47 Å². The molecule has 0 amide bonds. The van der Waals surface area contributed by atoms with Crippen molar-refractivity contribution < 1.29 is 24.0 Å². The summed E-state index contributed by atoms with van der Waals surface area (Å²) in [6.07, 6.45) is 1.00. The predicted octanol–water partition coefficient (Wildman–Crippen LogP) is 2.06. The molecular formula is C14H14N2O6. The van der Waals surface area contributed by atoms with Gasteiger partial charge in [0.05, 0.1) is 4.92 Å². The number of nitro groups is 1. The first-order valence-corrected chi connectivity index (χ1v) is 6.45. The number of carbonyl (C=O) groups excluding carboxylic acids is 2. The van der Waals surface area contributed by atoms with E-state index in [9.17, 15) is 19.7 Å². The van der Waals surface area contributed by atoms with E-state index in [0.29, 0.717) is 5.56 Å². The van der Waals surface area contributed by atoms with Gasteiger partial charge in [-0.05, 0) is 13.0 Å². The Morgan fingerprint density at radius 3 is 2.41 bits per heavy atom. The highest BCUT2D eigenvalue weighted by Crippen LogP contribution is 2.31. The summed E-state index contributed by atoms with van der Waals surface area (Å²) < 4.78 is 9.88. The second-order valence-corrected chi connectivity index (χ2v) is 5.20. The van der Waals surface area contributed by atoms with Crippen molar-refractivity contribution in [3.63, 3.8) is 0 Å². The highest BCUT2D eigenvalue weighted by atomic mass is 16.7. The number of para-hydroxylation sites is 1. The van der Waals surface area contributed by atoms with Gasteiger partial charge in [-0.3, -0.25) is 24.7 Å². The highest BCUT2D eigenvalue weighted by molar-refractivity contribution is 6.10. The second-order valence-electron chi connectivity index (χ2n) is 5.20. The number of hydrogen-bond donors (Lipinski definition) is 0. The fourth-order valence-electron chi connectivity index (χ4n) is 1.99. The summed E-state index contributed by atoms with van der Waals surface area (Å²) in [5.74, 6) is -4.28. The van der Waals surface area contributed by atoms with Gasteiger partial charge >= 0.3 is 11.9 Å². The van der Waals surface area contributed by atoms with Gasteiger partial charge in [0.15, 0.2) is 5.92 Å². The number of carbonyl (C=O) groups is 2. The Balaban J connectivity index is 2.30. The first-order chi connectivity index (χ1) is 10.2. The number of esters is 2. The van der Waals surface area contributed by atoms with Crippen LogP contribution in [0.4, 0.5) is 11.4 Å². The number of ether oxygens (including phenoxy) is 2. The lowest BCUT2D eigenvalue weighted by Crippen LogP contribution is -2.46. The lowest BCUT2D eigenvalue weighted by atomic mass is 10.1. The van der Waals surface area contributed by atoms with E-state index >= 15 is 0 Å². The van der Waals surface area contributed by atoms with Gasteiger partial charge in [-0.2, -0.15) is 0 Å². The first-order valence-electron chi connectivity index (χ1n) is 6.45. The van der Waals surface area contributed by atoms with Crippen LogP contribution in [0.15, 0.2) is 23.2 Å². The van der Waals surface area contributed by atoms with Gasteiger partial charge in [0.25, 0.3) is 11.5 Å². The number of hydrogen-bond acceptors (Lipinski definition) is 7. The van der Waals surface area contributed by atoms with E-state index < -0.39 is 28.6 Å². The van der Waals surface area contributed by atoms with Crippen molar-refractivity contribution in [3.05, 3.63) is 33.9 Å². The SMILES string of the molecule is Cc1cccc(N=CC2C(=O)OC(C)(C)OC2=O)c1[N+](=O)[O-]. The van der Waals surface area contributed by atoms with E-state index in [1.807, 2.05) is 0 Å². The molecular weight excluding hydrogens is 292 g/mol. The van der Waals surface area contributed by atoms with Crippen LogP contribution in [0.3, 0.4) is 0 Å². The maximum atomic E-state index is 11.8. The molecule has 116 valence electrons. The maximum absolute atomic E-state index is 11.8. The molecule has 0 unspecified atom stereocenters. The fourth-order valence-corrected chi connectivity index (χ4v) is 1.99. The quantitative estimate of drug-likeness (QED) is 0.278. The zero-order chi connectivity index (χ0) is 16.5. The minimum Gasteiger partial charge on any atom is -0.422 e. The molecule has 0 N–H and O–H groups in total. The smallest absolute Gasteiger partial charge is 0.329 e. The summed E-state index contributed by atoms with van der Waals surface area (Å²) in [7, 11) is 0. The standard InChI is InChI=1S/C14H14N2O6/c1-8-5-4-6-10(11(8)16(19)20)15-7-9-12(17)21-14(2,3)22-13(9)18/h4-7,9H,1-3H3. The van der Waals surface area contributed by atoms with E-state index in [0.717, 1.165) is 6.21 Å². The summed E-state index contributed by atoms with van der Waals surface area (Å²) in [6.45, 7) is 4.44. The Kier molecular flexibility index (Phi) is 3.94. The summed E-state index contributed by atoms with van der Waals surface area (Å²) in [6, 6.07) is 4.59. The van der Waals surface area contributed by atoms with Crippen molar-refractivity contribution >= 4 is 29.5 Å². The number of nitrogens with zero attached hydrogens (tertiary/aromatic N) is 2. The maximum Gasteiger partial charge on any atom is 0.329 e. The zero-order valence-corrected chi connectivity index (χ0v) is 12.2. The van der Waals surface area contributed by atoms with Gasteiger partial charge in [-0.25, -0.2) is 0 Å². The van der Waals surface area contributed by atoms with Crippen LogP contribution in [-0.4, -0.2) is 28.9 Å². The Morgan fingerprint density at radius 1 is 1.27 bits per heavy atom. The predicted molar refractivity (Wildman–Crippen MR) is 75.7 cm³/mol. The van der Waals surface area contributed by atoms with Crippen molar-refractivity contribution in [3.8, 4) is 0 Å². The minimum atomic E-state index is -1.34. The molecule has 1 aromatic rings. The molecule has 0 aliphatic carbocycles. The number of cyclic esters (lactones) is 2. The Labute approximate surface area is 125 Å². The van der Waals surface area contributed by atoms with Gasteiger partial charge in [-0.15, -0.1) is 0 Å². The number of aliphatic imine (C=N–C) groups is 1. The normalized spacial score (nSPS) is 18.1. The second kappa shape index (κ2) is 5.55. The van der Waals surface area contributed by atoms with Crippen LogP contribution in [0.2, 0.25) is 0 Å². The molecule has 0 bridgehead atoms. The van der Waals surface area contributed by atoms with Crippen LogP contribution in [0, 0.1) is 23.0 Å². The summed E-state index contributed by atoms with van der Waals surface area (Å²) in [4.78, 5) is 37.9. The largest absolute Gasteiger partial charge is 0.422 e. The molecule has 1 heterocycles. The molecule has 0 saturated carbocycles. The molecule has 1 aliphatic rings. The molecule has 1 aromatic carbocycles. The molecule has 0 atom stereocenters. The Bertz CT molecular complexity index is 660. The van der Waals surface area contributed by atoms with Crippen LogP contribution < -0.4 is 0 Å². The van der Waals surface area contributed by atoms with E-state index in [1.165, 1.54) is 19.9 Å². The molecule has 2 rings (SSSR count). The summed E-state index contributed by atoms with van der Waals surface area (Å²) in [5, 5.41) is 11.1. The van der Waals surface area contributed by atoms with Crippen molar-refractivity contribution in [1.82, 2.24) is 0 Å². The lowest BCUT2D eigenvalue weighted by molar-refractivity contribution is -0.384. The van der Waals surface area contributed by atoms with Crippen molar-refractivity contribution in [2.45, 2.75) is 26.6 Å². The zero-order valence-electron chi connectivity index (χ0n) is 12.2. The topological polar surface area (TPSA) is 108 Å². The van der Waals surface area contributed by atoms with E-state index in [-0.39, 0.29) is 11.4 Å². The van der Waals surface area contributed by atoms with Gasteiger partial charge in [0.1, 0.15) is 5.69 Å². The van der Waals surface area contributed by atoms with Crippen LogP contribution in [0.1, 0.15) is 19.4 Å². The Hall–Kier alpha value is -2.77. The lowest BCUT2D eigenvalue weighted by Gasteiger charge is -2.31. The van der Waals surface area contributed by atoms with Gasteiger partial charge in [-0.1, -0.05) is 12.1 Å². The van der Waals surface area contributed by atoms with Crippen molar-refractivity contribution in [2.75, 3.05) is 0 Å². The minimum absolute atomic E-state index is 0.0513. The molecule has 1 saturated heterocycles. The number of rotatable bonds is 3. The molecule has 1 fully saturated rings.